The van der Waals surface area contributed by atoms with Gasteiger partial charge in [0, 0.05) is 43.9 Å². The Kier molecular flexibility index (Phi) is 4.94. The van der Waals surface area contributed by atoms with Gasteiger partial charge in [0.05, 0.1) is 0 Å². The second kappa shape index (κ2) is 7.11. The largest absolute Gasteiger partial charge is 0.486 e. The third-order valence-corrected chi connectivity index (χ3v) is 4.82. The molecule has 0 saturated carbocycles. The van der Waals surface area contributed by atoms with Crippen LogP contribution in [0.2, 0.25) is 0 Å². The standard InChI is InChI=1S/C18H26N2O3/c1-3-14(4-2)18(21)20-9-7-19(8-10-20)15-5-6-16-17(13-15)23-12-11-22-16/h5-6,13-14H,3-4,7-12H2,1-2H3. The number of carbonyl (C=O) groups is 1. The molecular formula is C18H26N2O3. The van der Waals surface area contributed by atoms with Gasteiger partial charge >= 0.3 is 0 Å². The molecule has 126 valence electrons. The Morgan fingerprint density at radius 1 is 1.04 bits per heavy atom. The zero-order valence-electron chi connectivity index (χ0n) is 14.1. The molecule has 0 radical (unpaired) electrons. The number of benzene rings is 1. The normalized spacial score (nSPS) is 17.5. The summed E-state index contributed by atoms with van der Waals surface area (Å²) in [6.07, 6.45) is 1.86. The maximum atomic E-state index is 12.5. The fourth-order valence-electron chi connectivity index (χ4n) is 3.31. The van der Waals surface area contributed by atoms with Gasteiger partial charge in [0.1, 0.15) is 13.2 Å². The number of rotatable bonds is 4. The molecular weight excluding hydrogens is 292 g/mol. The van der Waals surface area contributed by atoms with Gasteiger partial charge in [-0.1, -0.05) is 13.8 Å². The third-order valence-electron chi connectivity index (χ3n) is 4.82. The summed E-state index contributed by atoms with van der Waals surface area (Å²) >= 11 is 0. The van der Waals surface area contributed by atoms with Crippen molar-refractivity contribution in [3.8, 4) is 11.5 Å². The molecule has 0 unspecified atom stereocenters. The molecule has 0 atom stereocenters. The van der Waals surface area contributed by atoms with E-state index < -0.39 is 0 Å². The van der Waals surface area contributed by atoms with Gasteiger partial charge in [-0.05, 0) is 25.0 Å². The molecule has 2 aliphatic rings. The molecule has 0 N–H and O–H groups in total. The third kappa shape index (κ3) is 3.38. The van der Waals surface area contributed by atoms with Gasteiger partial charge in [0.25, 0.3) is 0 Å². The zero-order chi connectivity index (χ0) is 16.2. The van der Waals surface area contributed by atoms with Crippen molar-refractivity contribution in [3.05, 3.63) is 18.2 Å². The van der Waals surface area contributed by atoms with Crippen molar-refractivity contribution < 1.29 is 14.3 Å². The minimum Gasteiger partial charge on any atom is -0.486 e. The average molecular weight is 318 g/mol. The molecule has 0 spiro atoms. The first-order valence-electron chi connectivity index (χ1n) is 8.66. The van der Waals surface area contributed by atoms with Gasteiger partial charge in [-0.15, -0.1) is 0 Å². The van der Waals surface area contributed by atoms with Crippen molar-refractivity contribution in [2.75, 3.05) is 44.3 Å². The van der Waals surface area contributed by atoms with Crippen molar-refractivity contribution in [1.82, 2.24) is 4.90 Å². The van der Waals surface area contributed by atoms with E-state index in [-0.39, 0.29) is 5.92 Å². The van der Waals surface area contributed by atoms with E-state index in [1.807, 2.05) is 17.0 Å². The summed E-state index contributed by atoms with van der Waals surface area (Å²) in [5, 5.41) is 0. The van der Waals surface area contributed by atoms with Crippen LogP contribution in [0.15, 0.2) is 18.2 Å². The number of carbonyl (C=O) groups excluding carboxylic acids is 1. The summed E-state index contributed by atoms with van der Waals surface area (Å²) < 4.78 is 11.2. The molecule has 1 amide bonds. The van der Waals surface area contributed by atoms with Crippen LogP contribution in [0.3, 0.4) is 0 Å². The molecule has 3 rings (SSSR count). The van der Waals surface area contributed by atoms with Crippen LogP contribution in [0.4, 0.5) is 5.69 Å². The minimum absolute atomic E-state index is 0.177. The lowest BCUT2D eigenvalue weighted by Gasteiger charge is -2.37. The quantitative estimate of drug-likeness (QED) is 0.855. The average Bonchev–Trinajstić information content (AvgIpc) is 2.62. The smallest absolute Gasteiger partial charge is 0.225 e. The second-order valence-corrected chi connectivity index (χ2v) is 6.15. The highest BCUT2D eigenvalue weighted by Crippen LogP contribution is 2.34. The topological polar surface area (TPSA) is 42.0 Å². The van der Waals surface area contributed by atoms with Crippen LogP contribution >= 0.6 is 0 Å². The van der Waals surface area contributed by atoms with E-state index in [0.29, 0.717) is 19.1 Å². The Balaban J connectivity index is 1.62. The molecule has 5 nitrogen and oxygen atoms in total. The maximum absolute atomic E-state index is 12.5. The number of hydrogen-bond acceptors (Lipinski definition) is 4. The predicted molar refractivity (Wildman–Crippen MR) is 90.3 cm³/mol. The summed E-state index contributed by atoms with van der Waals surface area (Å²) in [4.78, 5) is 16.8. The highest BCUT2D eigenvalue weighted by Gasteiger charge is 2.26. The lowest BCUT2D eigenvalue weighted by atomic mass is 10.0. The van der Waals surface area contributed by atoms with Crippen LogP contribution in [-0.2, 0) is 4.79 Å². The van der Waals surface area contributed by atoms with E-state index in [9.17, 15) is 4.79 Å². The minimum atomic E-state index is 0.177. The Labute approximate surface area is 138 Å². The van der Waals surface area contributed by atoms with Gasteiger partial charge in [-0.3, -0.25) is 4.79 Å². The van der Waals surface area contributed by atoms with Crippen LogP contribution in [0.5, 0.6) is 11.5 Å². The zero-order valence-corrected chi connectivity index (χ0v) is 14.1. The predicted octanol–water partition coefficient (Wildman–Crippen LogP) is 2.54. The number of ether oxygens (including phenoxy) is 2. The van der Waals surface area contributed by atoms with Crippen LogP contribution in [0.1, 0.15) is 26.7 Å². The number of fused-ring (bicyclic) bond motifs is 1. The van der Waals surface area contributed by atoms with Crippen LogP contribution in [0, 0.1) is 5.92 Å². The van der Waals surface area contributed by atoms with E-state index >= 15 is 0 Å². The van der Waals surface area contributed by atoms with E-state index in [1.165, 1.54) is 0 Å². The van der Waals surface area contributed by atoms with E-state index in [1.54, 1.807) is 0 Å². The molecule has 23 heavy (non-hydrogen) atoms. The fourth-order valence-corrected chi connectivity index (χ4v) is 3.31. The number of anilines is 1. The first-order chi connectivity index (χ1) is 11.2. The summed E-state index contributed by atoms with van der Waals surface area (Å²) in [6, 6.07) is 6.10. The summed E-state index contributed by atoms with van der Waals surface area (Å²) in [5.74, 6) is 2.14. The van der Waals surface area contributed by atoms with E-state index in [2.05, 4.69) is 24.8 Å². The molecule has 1 fully saturated rings. The van der Waals surface area contributed by atoms with E-state index in [4.69, 9.17) is 9.47 Å². The SMILES string of the molecule is CCC(CC)C(=O)N1CCN(c2ccc3c(c2)OCCO3)CC1. The van der Waals surface area contributed by atoms with Crippen LogP contribution in [0.25, 0.3) is 0 Å². The highest BCUT2D eigenvalue weighted by atomic mass is 16.6. The first-order valence-corrected chi connectivity index (χ1v) is 8.66. The van der Waals surface area contributed by atoms with Crippen LogP contribution < -0.4 is 14.4 Å². The Morgan fingerprint density at radius 2 is 1.70 bits per heavy atom. The van der Waals surface area contributed by atoms with Gasteiger partial charge < -0.3 is 19.3 Å². The fraction of sp³-hybridized carbons (Fsp3) is 0.611. The Morgan fingerprint density at radius 3 is 2.35 bits per heavy atom. The van der Waals surface area contributed by atoms with Crippen molar-refractivity contribution in [1.29, 1.82) is 0 Å². The molecule has 1 aromatic carbocycles. The first kappa shape index (κ1) is 16.0. The van der Waals surface area contributed by atoms with E-state index in [0.717, 1.165) is 56.2 Å². The van der Waals surface area contributed by atoms with Crippen molar-refractivity contribution >= 4 is 11.6 Å². The van der Waals surface area contributed by atoms with Crippen molar-refractivity contribution in [2.45, 2.75) is 26.7 Å². The number of hydrogen-bond donors (Lipinski definition) is 0. The molecule has 2 aliphatic heterocycles. The van der Waals surface area contributed by atoms with Crippen molar-refractivity contribution in [2.24, 2.45) is 5.92 Å². The monoisotopic (exact) mass is 318 g/mol. The molecule has 0 aromatic heterocycles. The van der Waals surface area contributed by atoms with Gasteiger partial charge in [0.15, 0.2) is 11.5 Å². The van der Waals surface area contributed by atoms with Crippen molar-refractivity contribution in [3.63, 3.8) is 0 Å². The lowest BCUT2D eigenvalue weighted by Crippen LogP contribution is -2.50. The van der Waals surface area contributed by atoms with Crippen LogP contribution in [-0.4, -0.2) is 50.2 Å². The number of piperazine rings is 1. The number of nitrogens with zero attached hydrogens (tertiary/aromatic N) is 2. The second-order valence-electron chi connectivity index (χ2n) is 6.15. The van der Waals surface area contributed by atoms with Gasteiger partial charge in [0.2, 0.25) is 5.91 Å². The van der Waals surface area contributed by atoms with Gasteiger partial charge in [-0.25, -0.2) is 0 Å². The molecule has 1 aromatic rings. The summed E-state index contributed by atoms with van der Waals surface area (Å²) in [7, 11) is 0. The highest BCUT2D eigenvalue weighted by molar-refractivity contribution is 5.79. The molecule has 2 heterocycles. The molecule has 0 aliphatic carbocycles. The Bertz CT molecular complexity index is 549. The summed E-state index contributed by atoms with van der Waals surface area (Å²) in [5.41, 5.74) is 1.14. The maximum Gasteiger partial charge on any atom is 0.225 e. The summed E-state index contributed by atoms with van der Waals surface area (Å²) in [6.45, 7) is 8.73. The Hall–Kier alpha value is -1.91. The molecule has 5 heteroatoms. The molecule has 0 bridgehead atoms. The molecule has 1 saturated heterocycles. The number of amides is 1. The van der Waals surface area contributed by atoms with Gasteiger partial charge in [-0.2, -0.15) is 0 Å². The lowest BCUT2D eigenvalue weighted by molar-refractivity contribution is -0.136.